The standard InChI is InChI=1S/C15H28N2O3/c1-4-20-15(19)11-5-7-12(8-6-11)17-14(18)13(16)9-10(2)3/h10-13H,4-9,16H2,1-3H3,(H,17,18). The highest BCUT2D eigenvalue weighted by atomic mass is 16.5. The second-order valence-corrected chi connectivity index (χ2v) is 6.05. The van der Waals surface area contributed by atoms with Gasteiger partial charge < -0.3 is 15.8 Å². The summed E-state index contributed by atoms with van der Waals surface area (Å²) in [7, 11) is 0. The van der Waals surface area contributed by atoms with Gasteiger partial charge in [0, 0.05) is 6.04 Å². The molecule has 1 aliphatic rings. The van der Waals surface area contributed by atoms with Gasteiger partial charge in [0.25, 0.3) is 0 Å². The van der Waals surface area contributed by atoms with E-state index < -0.39 is 6.04 Å². The molecule has 0 aliphatic heterocycles. The molecule has 1 amide bonds. The lowest BCUT2D eigenvalue weighted by Gasteiger charge is -2.28. The predicted molar refractivity (Wildman–Crippen MR) is 78.0 cm³/mol. The number of hydrogen-bond donors (Lipinski definition) is 2. The fraction of sp³-hybridized carbons (Fsp3) is 0.867. The monoisotopic (exact) mass is 284 g/mol. The Morgan fingerprint density at radius 1 is 1.25 bits per heavy atom. The molecule has 1 unspecified atom stereocenters. The van der Waals surface area contributed by atoms with E-state index in [9.17, 15) is 9.59 Å². The molecule has 0 aromatic rings. The molecule has 0 aromatic heterocycles. The number of carbonyl (C=O) groups is 2. The zero-order valence-corrected chi connectivity index (χ0v) is 12.9. The van der Waals surface area contributed by atoms with Crippen LogP contribution in [0.1, 0.15) is 52.9 Å². The van der Waals surface area contributed by atoms with Crippen LogP contribution in [-0.4, -0.2) is 30.6 Å². The van der Waals surface area contributed by atoms with E-state index in [0.29, 0.717) is 18.9 Å². The summed E-state index contributed by atoms with van der Waals surface area (Å²) in [5, 5.41) is 3.00. The van der Waals surface area contributed by atoms with Gasteiger partial charge in [-0.05, 0) is 44.9 Å². The molecule has 116 valence electrons. The van der Waals surface area contributed by atoms with E-state index in [0.717, 1.165) is 25.7 Å². The number of nitrogens with two attached hydrogens (primary N) is 1. The first-order chi connectivity index (χ1) is 9.43. The minimum Gasteiger partial charge on any atom is -0.466 e. The molecular formula is C15H28N2O3. The zero-order chi connectivity index (χ0) is 15.1. The van der Waals surface area contributed by atoms with Crippen molar-refractivity contribution in [3.8, 4) is 0 Å². The van der Waals surface area contributed by atoms with E-state index in [4.69, 9.17) is 10.5 Å². The van der Waals surface area contributed by atoms with E-state index in [1.165, 1.54) is 0 Å². The van der Waals surface area contributed by atoms with Gasteiger partial charge in [0.05, 0.1) is 18.6 Å². The van der Waals surface area contributed by atoms with Crippen LogP contribution in [0.15, 0.2) is 0 Å². The van der Waals surface area contributed by atoms with Crippen LogP contribution in [-0.2, 0) is 14.3 Å². The van der Waals surface area contributed by atoms with Crippen molar-refractivity contribution in [2.75, 3.05) is 6.61 Å². The summed E-state index contributed by atoms with van der Waals surface area (Å²) in [5.74, 6) is 0.231. The lowest BCUT2D eigenvalue weighted by atomic mass is 9.86. The van der Waals surface area contributed by atoms with E-state index in [1.54, 1.807) is 0 Å². The maximum atomic E-state index is 11.9. The topological polar surface area (TPSA) is 81.4 Å². The summed E-state index contributed by atoms with van der Waals surface area (Å²) >= 11 is 0. The molecule has 1 atom stereocenters. The van der Waals surface area contributed by atoms with Gasteiger partial charge in [-0.1, -0.05) is 13.8 Å². The van der Waals surface area contributed by atoms with Gasteiger partial charge >= 0.3 is 5.97 Å². The fourth-order valence-electron chi connectivity index (χ4n) is 2.66. The van der Waals surface area contributed by atoms with Gasteiger partial charge in [-0.15, -0.1) is 0 Å². The van der Waals surface area contributed by atoms with Crippen LogP contribution in [0.3, 0.4) is 0 Å². The first-order valence-corrected chi connectivity index (χ1v) is 7.66. The highest BCUT2D eigenvalue weighted by Gasteiger charge is 2.28. The Balaban J connectivity index is 2.31. The SMILES string of the molecule is CCOC(=O)C1CCC(NC(=O)C(N)CC(C)C)CC1. The van der Waals surface area contributed by atoms with Gasteiger partial charge in [0.1, 0.15) is 0 Å². The van der Waals surface area contributed by atoms with Gasteiger partial charge in [0.2, 0.25) is 5.91 Å². The predicted octanol–water partition coefficient (Wildman–Crippen LogP) is 1.60. The molecule has 1 saturated carbocycles. The maximum absolute atomic E-state index is 11.9. The van der Waals surface area contributed by atoms with Crippen LogP contribution >= 0.6 is 0 Å². The van der Waals surface area contributed by atoms with Crippen molar-refractivity contribution in [2.24, 2.45) is 17.6 Å². The third kappa shape index (κ3) is 5.49. The molecule has 3 N–H and O–H groups in total. The normalized spacial score (nSPS) is 24.2. The number of ether oxygens (including phenoxy) is 1. The average molecular weight is 284 g/mol. The van der Waals surface area contributed by atoms with Crippen LogP contribution < -0.4 is 11.1 Å². The molecule has 5 nitrogen and oxygen atoms in total. The van der Waals surface area contributed by atoms with Crippen molar-refractivity contribution in [1.29, 1.82) is 0 Å². The first kappa shape index (κ1) is 17.0. The minimum absolute atomic E-state index is 0.00700. The second kappa shape index (κ2) is 8.25. The molecule has 0 spiro atoms. The van der Waals surface area contributed by atoms with Crippen LogP contribution in [0.5, 0.6) is 0 Å². The summed E-state index contributed by atoms with van der Waals surface area (Å²) in [5.41, 5.74) is 5.86. The molecule has 0 bridgehead atoms. The largest absolute Gasteiger partial charge is 0.466 e. The molecule has 20 heavy (non-hydrogen) atoms. The molecule has 0 saturated heterocycles. The third-order valence-electron chi connectivity index (χ3n) is 3.76. The molecule has 1 aliphatic carbocycles. The van der Waals surface area contributed by atoms with Crippen molar-refractivity contribution >= 4 is 11.9 Å². The summed E-state index contributed by atoms with van der Waals surface area (Å²) in [6, 6.07) is -0.288. The third-order valence-corrected chi connectivity index (χ3v) is 3.76. The highest BCUT2D eigenvalue weighted by molar-refractivity contribution is 5.81. The molecule has 0 radical (unpaired) electrons. The van der Waals surface area contributed by atoms with Gasteiger partial charge in [0.15, 0.2) is 0 Å². The molecule has 1 rings (SSSR count). The molecule has 5 heteroatoms. The number of carbonyl (C=O) groups excluding carboxylic acids is 2. The average Bonchev–Trinajstić information content (AvgIpc) is 2.39. The van der Waals surface area contributed by atoms with Crippen LogP contribution in [0, 0.1) is 11.8 Å². The Hall–Kier alpha value is -1.10. The molecule has 0 heterocycles. The van der Waals surface area contributed by atoms with E-state index in [2.05, 4.69) is 19.2 Å². The van der Waals surface area contributed by atoms with Crippen molar-refractivity contribution in [2.45, 2.75) is 65.0 Å². The highest BCUT2D eigenvalue weighted by Crippen LogP contribution is 2.25. The number of amides is 1. The quantitative estimate of drug-likeness (QED) is 0.726. The smallest absolute Gasteiger partial charge is 0.308 e. The van der Waals surface area contributed by atoms with E-state index in [-0.39, 0.29) is 23.8 Å². The molecule has 1 fully saturated rings. The van der Waals surface area contributed by atoms with Crippen LogP contribution in [0.4, 0.5) is 0 Å². The van der Waals surface area contributed by atoms with Crippen molar-refractivity contribution in [3.05, 3.63) is 0 Å². The fourth-order valence-corrected chi connectivity index (χ4v) is 2.66. The Bertz CT molecular complexity index is 323. The zero-order valence-electron chi connectivity index (χ0n) is 12.9. The Morgan fingerprint density at radius 2 is 1.85 bits per heavy atom. The second-order valence-electron chi connectivity index (χ2n) is 6.05. The van der Waals surface area contributed by atoms with Crippen molar-refractivity contribution < 1.29 is 14.3 Å². The lowest BCUT2D eigenvalue weighted by Crippen LogP contribution is -2.47. The van der Waals surface area contributed by atoms with Gasteiger partial charge in [-0.25, -0.2) is 0 Å². The number of nitrogens with one attached hydrogen (secondary N) is 1. The number of esters is 1. The molecule has 0 aromatic carbocycles. The summed E-state index contributed by atoms with van der Waals surface area (Å²) < 4.78 is 5.03. The van der Waals surface area contributed by atoms with Crippen molar-refractivity contribution in [1.82, 2.24) is 5.32 Å². The van der Waals surface area contributed by atoms with Crippen LogP contribution in [0.25, 0.3) is 0 Å². The Kier molecular flexibility index (Phi) is 6.99. The lowest BCUT2D eigenvalue weighted by molar-refractivity contribution is -0.149. The Labute approximate surface area is 121 Å². The maximum Gasteiger partial charge on any atom is 0.308 e. The van der Waals surface area contributed by atoms with Gasteiger partial charge in [-0.3, -0.25) is 9.59 Å². The number of hydrogen-bond acceptors (Lipinski definition) is 4. The Morgan fingerprint density at radius 3 is 2.35 bits per heavy atom. The van der Waals surface area contributed by atoms with E-state index >= 15 is 0 Å². The van der Waals surface area contributed by atoms with Gasteiger partial charge in [-0.2, -0.15) is 0 Å². The summed E-state index contributed by atoms with van der Waals surface area (Å²) in [6.07, 6.45) is 3.91. The summed E-state index contributed by atoms with van der Waals surface area (Å²) in [6.45, 7) is 6.36. The molecular weight excluding hydrogens is 256 g/mol. The van der Waals surface area contributed by atoms with Crippen LogP contribution in [0.2, 0.25) is 0 Å². The van der Waals surface area contributed by atoms with E-state index in [1.807, 2.05) is 6.92 Å². The van der Waals surface area contributed by atoms with Crippen molar-refractivity contribution in [3.63, 3.8) is 0 Å². The summed E-state index contributed by atoms with van der Waals surface area (Å²) in [4.78, 5) is 23.6. The minimum atomic E-state index is -0.433. The number of rotatable bonds is 6. The first-order valence-electron chi connectivity index (χ1n) is 7.66.